The van der Waals surface area contributed by atoms with Crippen molar-refractivity contribution in [2.45, 2.75) is 13.0 Å². The lowest BCUT2D eigenvalue weighted by Crippen LogP contribution is -2.26. The van der Waals surface area contributed by atoms with E-state index in [0.29, 0.717) is 0 Å². The summed E-state index contributed by atoms with van der Waals surface area (Å²) >= 11 is 3.48. The molecule has 0 amide bonds. The van der Waals surface area contributed by atoms with E-state index in [1.165, 1.54) is 5.56 Å². The molecule has 0 bridgehead atoms. The highest BCUT2D eigenvalue weighted by Gasteiger charge is 1.97. The number of hydrogen-bond acceptors (Lipinski definition) is 3. The molecule has 0 spiro atoms. The van der Waals surface area contributed by atoms with Gasteiger partial charge in [-0.2, -0.15) is 0 Å². The smallest absolute Gasteiger partial charge is 0.0589 e. The minimum Gasteiger partial charge on any atom is -0.383 e. The van der Waals surface area contributed by atoms with E-state index in [0.717, 1.165) is 43.7 Å². The molecule has 0 aromatic heterocycles. The van der Waals surface area contributed by atoms with Crippen LogP contribution in [0.1, 0.15) is 12.0 Å². The molecular weight excluding hydrogens is 292 g/mol. The number of rotatable bonds is 9. The first-order valence-electron chi connectivity index (χ1n) is 6.35. The van der Waals surface area contributed by atoms with Crippen LogP contribution in [0.2, 0.25) is 0 Å². The van der Waals surface area contributed by atoms with Gasteiger partial charge >= 0.3 is 0 Å². The van der Waals surface area contributed by atoms with Gasteiger partial charge in [-0.1, -0.05) is 28.1 Å². The second-order valence-electron chi connectivity index (χ2n) is 4.46. The van der Waals surface area contributed by atoms with Crippen LogP contribution < -0.4 is 5.32 Å². The highest BCUT2D eigenvalue weighted by molar-refractivity contribution is 9.10. The van der Waals surface area contributed by atoms with Crippen LogP contribution in [0.4, 0.5) is 0 Å². The maximum absolute atomic E-state index is 5.05. The number of hydrogen-bond donors (Lipinski definition) is 1. The topological polar surface area (TPSA) is 24.5 Å². The second kappa shape index (κ2) is 9.50. The summed E-state index contributed by atoms with van der Waals surface area (Å²) in [6, 6.07) is 8.41. The molecule has 1 rings (SSSR count). The van der Waals surface area contributed by atoms with Gasteiger partial charge in [0.2, 0.25) is 0 Å². The molecule has 102 valence electrons. The number of ether oxygens (including phenoxy) is 1. The quantitative estimate of drug-likeness (QED) is 0.709. The Labute approximate surface area is 119 Å². The molecule has 0 radical (unpaired) electrons. The summed E-state index contributed by atoms with van der Waals surface area (Å²) in [7, 11) is 3.88. The van der Waals surface area contributed by atoms with Crippen molar-refractivity contribution in [3.8, 4) is 0 Å². The third-order valence-electron chi connectivity index (χ3n) is 2.79. The number of benzene rings is 1. The predicted molar refractivity (Wildman–Crippen MR) is 79.8 cm³/mol. The molecule has 0 unspecified atom stereocenters. The average molecular weight is 315 g/mol. The summed E-state index contributed by atoms with van der Waals surface area (Å²) in [6.45, 7) is 4.89. The van der Waals surface area contributed by atoms with Gasteiger partial charge in [0.15, 0.2) is 0 Å². The molecule has 0 heterocycles. The molecule has 0 aliphatic heterocycles. The van der Waals surface area contributed by atoms with Gasteiger partial charge in [-0.15, -0.1) is 0 Å². The highest BCUT2D eigenvalue weighted by atomic mass is 79.9. The first kappa shape index (κ1) is 15.6. The van der Waals surface area contributed by atoms with Crippen LogP contribution in [0.5, 0.6) is 0 Å². The zero-order chi connectivity index (χ0) is 13.2. The fourth-order valence-electron chi connectivity index (χ4n) is 1.71. The third-order valence-corrected chi connectivity index (χ3v) is 3.28. The van der Waals surface area contributed by atoms with E-state index < -0.39 is 0 Å². The summed E-state index contributed by atoms with van der Waals surface area (Å²) in [6.07, 6.45) is 1.16. The highest BCUT2D eigenvalue weighted by Crippen LogP contribution is 2.11. The fraction of sp³-hybridized carbons (Fsp3) is 0.571. The lowest BCUT2D eigenvalue weighted by molar-refractivity contribution is 0.160. The van der Waals surface area contributed by atoms with Crippen molar-refractivity contribution >= 4 is 15.9 Å². The van der Waals surface area contributed by atoms with Crippen molar-refractivity contribution in [3.63, 3.8) is 0 Å². The van der Waals surface area contributed by atoms with Gasteiger partial charge in [-0.3, -0.25) is 0 Å². The van der Waals surface area contributed by atoms with Crippen LogP contribution in [0.3, 0.4) is 0 Å². The van der Waals surface area contributed by atoms with E-state index in [9.17, 15) is 0 Å². The first-order valence-corrected chi connectivity index (χ1v) is 7.14. The van der Waals surface area contributed by atoms with E-state index in [2.05, 4.69) is 51.4 Å². The Kier molecular flexibility index (Phi) is 8.25. The molecule has 0 aliphatic carbocycles. The fourth-order valence-corrected chi connectivity index (χ4v) is 2.16. The standard InChI is InChI=1S/C14H23BrN2O/c1-17(9-10-18-2)8-4-7-16-12-13-5-3-6-14(15)11-13/h3,5-6,11,16H,4,7-10,12H2,1-2H3. The van der Waals surface area contributed by atoms with Crippen LogP contribution in [-0.4, -0.2) is 45.3 Å². The maximum Gasteiger partial charge on any atom is 0.0589 e. The summed E-state index contributed by atoms with van der Waals surface area (Å²) in [4.78, 5) is 2.30. The lowest BCUT2D eigenvalue weighted by Gasteiger charge is -2.15. The van der Waals surface area contributed by atoms with Crippen LogP contribution in [0.15, 0.2) is 28.7 Å². The van der Waals surface area contributed by atoms with Gasteiger partial charge in [0, 0.05) is 24.7 Å². The summed E-state index contributed by atoms with van der Waals surface area (Å²) < 4.78 is 6.19. The Morgan fingerprint density at radius 1 is 1.33 bits per heavy atom. The zero-order valence-electron chi connectivity index (χ0n) is 11.3. The maximum atomic E-state index is 5.05. The SMILES string of the molecule is COCCN(C)CCCNCc1cccc(Br)c1. The molecule has 4 heteroatoms. The first-order chi connectivity index (χ1) is 8.72. The van der Waals surface area contributed by atoms with Gasteiger partial charge in [0.05, 0.1) is 6.61 Å². The molecule has 1 N–H and O–H groups in total. The molecule has 0 aliphatic rings. The van der Waals surface area contributed by atoms with E-state index in [-0.39, 0.29) is 0 Å². The molecule has 0 atom stereocenters. The summed E-state index contributed by atoms with van der Waals surface area (Å²) in [5.41, 5.74) is 1.32. The number of likely N-dealkylation sites (N-methyl/N-ethyl adjacent to an activating group) is 1. The normalized spacial score (nSPS) is 11.1. The Balaban J connectivity index is 2.05. The van der Waals surface area contributed by atoms with Crippen LogP contribution >= 0.6 is 15.9 Å². The van der Waals surface area contributed by atoms with Crippen molar-refractivity contribution in [1.82, 2.24) is 10.2 Å². The van der Waals surface area contributed by atoms with Crippen LogP contribution in [-0.2, 0) is 11.3 Å². The molecule has 1 aromatic carbocycles. The van der Waals surface area contributed by atoms with E-state index in [4.69, 9.17) is 4.74 Å². The Morgan fingerprint density at radius 2 is 2.17 bits per heavy atom. The van der Waals surface area contributed by atoms with Gasteiger partial charge in [-0.25, -0.2) is 0 Å². The summed E-state index contributed by atoms with van der Waals surface area (Å²) in [5, 5.41) is 3.46. The van der Waals surface area contributed by atoms with Crippen LogP contribution in [0.25, 0.3) is 0 Å². The molecule has 0 saturated carbocycles. The number of nitrogens with zero attached hydrogens (tertiary/aromatic N) is 1. The number of nitrogens with one attached hydrogen (secondary N) is 1. The van der Waals surface area contributed by atoms with E-state index >= 15 is 0 Å². The Bertz CT molecular complexity index is 333. The lowest BCUT2D eigenvalue weighted by atomic mass is 10.2. The van der Waals surface area contributed by atoms with Crippen molar-refractivity contribution in [1.29, 1.82) is 0 Å². The number of methoxy groups -OCH3 is 1. The largest absolute Gasteiger partial charge is 0.383 e. The predicted octanol–water partition coefficient (Wildman–Crippen LogP) is 2.51. The van der Waals surface area contributed by atoms with E-state index in [1.54, 1.807) is 7.11 Å². The van der Waals surface area contributed by atoms with Crippen LogP contribution in [0, 0.1) is 0 Å². The second-order valence-corrected chi connectivity index (χ2v) is 5.37. The van der Waals surface area contributed by atoms with Gasteiger partial charge < -0.3 is 15.0 Å². The zero-order valence-corrected chi connectivity index (χ0v) is 12.9. The molecule has 3 nitrogen and oxygen atoms in total. The monoisotopic (exact) mass is 314 g/mol. The Hall–Kier alpha value is -0.420. The molecular formula is C14H23BrN2O. The summed E-state index contributed by atoms with van der Waals surface area (Å²) in [5.74, 6) is 0. The van der Waals surface area contributed by atoms with Crippen molar-refractivity contribution in [2.24, 2.45) is 0 Å². The minimum absolute atomic E-state index is 0.808. The van der Waals surface area contributed by atoms with Crippen molar-refractivity contribution in [2.75, 3.05) is 40.4 Å². The van der Waals surface area contributed by atoms with Crippen molar-refractivity contribution in [3.05, 3.63) is 34.3 Å². The third kappa shape index (κ3) is 7.11. The molecule has 1 aromatic rings. The average Bonchev–Trinajstić information content (AvgIpc) is 2.36. The van der Waals surface area contributed by atoms with Gasteiger partial charge in [-0.05, 0) is 44.3 Å². The number of halogens is 1. The minimum atomic E-state index is 0.808. The molecule has 0 saturated heterocycles. The van der Waals surface area contributed by atoms with Gasteiger partial charge in [0.25, 0.3) is 0 Å². The van der Waals surface area contributed by atoms with Gasteiger partial charge in [0.1, 0.15) is 0 Å². The Morgan fingerprint density at radius 3 is 2.89 bits per heavy atom. The molecule has 0 fully saturated rings. The molecule has 18 heavy (non-hydrogen) atoms. The van der Waals surface area contributed by atoms with Crippen molar-refractivity contribution < 1.29 is 4.74 Å². The van der Waals surface area contributed by atoms with E-state index in [1.807, 2.05) is 6.07 Å².